The van der Waals surface area contributed by atoms with Crippen LogP contribution >= 0.6 is 0 Å². The van der Waals surface area contributed by atoms with E-state index >= 15 is 0 Å². The molecule has 0 saturated carbocycles. The number of hydrogen-bond donors (Lipinski definition) is 2. The molecule has 0 spiro atoms. The van der Waals surface area contributed by atoms with E-state index in [0.29, 0.717) is 0 Å². The zero-order valence-corrected chi connectivity index (χ0v) is 12.7. The van der Waals surface area contributed by atoms with E-state index in [1.54, 1.807) is 0 Å². The Hall–Kier alpha value is -1.58. The number of nitrogens with one attached hydrogen (secondary N) is 1. The zero-order valence-electron chi connectivity index (χ0n) is 12.7. The fourth-order valence-corrected chi connectivity index (χ4v) is 3.06. The van der Waals surface area contributed by atoms with Crippen molar-refractivity contribution in [2.24, 2.45) is 11.7 Å². The summed E-state index contributed by atoms with van der Waals surface area (Å²) in [5.74, 6) is 1.96. The van der Waals surface area contributed by atoms with Crippen LogP contribution in [0.15, 0.2) is 12.1 Å². The Bertz CT molecular complexity index is 470. The predicted octanol–water partition coefficient (Wildman–Crippen LogP) is 3.08. The van der Waals surface area contributed by atoms with E-state index in [4.69, 9.17) is 11.1 Å². The second-order valence-electron chi connectivity index (χ2n) is 5.84. The Morgan fingerprint density at radius 2 is 2.20 bits per heavy atom. The molecule has 1 unspecified atom stereocenters. The largest absolute Gasteiger partial charge is 0.384 e. The molecule has 20 heavy (non-hydrogen) atoms. The maximum absolute atomic E-state index is 7.60. The number of rotatable bonds is 4. The molecule has 4 heteroatoms. The molecule has 1 atom stereocenters. The van der Waals surface area contributed by atoms with Crippen LogP contribution in [-0.4, -0.2) is 23.9 Å². The molecule has 1 aromatic rings. The summed E-state index contributed by atoms with van der Waals surface area (Å²) in [6.45, 7) is 6.37. The van der Waals surface area contributed by atoms with E-state index in [2.05, 4.69) is 16.8 Å². The number of aromatic nitrogens is 1. The van der Waals surface area contributed by atoms with Gasteiger partial charge in [-0.25, -0.2) is 4.98 Å². The van der Waals surface area contributed by atoms with Crippen molar-refractivity contribution in [3.8, 4) is 0 Å². The van der Waals surface area contributed by atoms with E-state index in [0.717, 1.165) is 36.1 Å². The van der Waals surface area contributed by atoms with Crippen molar-refractivity contribution in [3.63, 3.8) is 0 Å². The molecule has 1 saturated heterocycles. The molecule has 1 aromatic heterocycles. The summed E-state index contributed by atoms with van der Waals surface area (Å²) in [4.78, 5) is 6.98. The Labute approximate surface area is 121 Å². The third-order valence-corrected chi connectivity index (χ3v) is 4.12. The molecule has 0 radical (unpaired) electrons. The molecule has 0 amide bonds. The third-order valence-electron chi connectivity index (χ3n) is 4.12. The first-order valence-electron chi connectivity index (χ1n) is 7.68. The minimum Gasteiger partial charge on any atom is -0.384 e. The fraction of sp³-hybridized carbons (Fsp3) is 0.625. The van der Waals surface area contributed by atoms with Crippen LogP contribution in [0.25, 0.3) is 0 Å². The number of anilines is 1. The Kier molecular flexibility index (Phi) is 4.99. The van der Waals surface area contributed by atoms with Gasteiger partial charge in [0.25, 0.3) is 0 Å². The summed E-state index contributed by atoms with van der Waals surface area (Å²) in [6.07, 6.45) is 6.43. The highest BCUT2D eigenvalue weighted by atomic mass is 15.2. The average molecular weight is 274 g/mol. The van der Waals surface area contributed by atoms with Gasteiger partial charge >= 0.3 is 0 Å². The Morgan fingerprint density at radius 1 is 1.40 bits per heavy atom. The van der Waals surface area contributed by atoms with Crippen molar-refractivity contribution < 1.29 is 0 Å². The van der Waals surface area contributed by atoms with Crippen LogP contribution in [0.4, 0.5) is 5.82 Å². The number of nitrogens with two attached hydrogens (primary N) is 1. The zero-order chi connectivity index (χ0) is 14.5. The molecule has 0 bridgehead atoms. The minimum atomic E-state index is 0.121. The highest BCUT2D eigenvalue weighted by Crippen LogP contribution is 2.25. The SMILES string of the molecule is CCCC1CCCN(c2cc(C(=N)N)cc(C)n2)CC1. The maximum Gasteiger partial charge on any atom is 0.129 e. The van der Waals surface area contributed by atoms with Gasteiger partial charge in [0.2, 0.25) is 0 Å². The van der Waals surface area contributed by atoms with Crippen molar-refractivity contribution in [1.29, 1.82) is 5.41 Å². The first-order valence-corrected chi connectivity index (χ1v) is 7.68. The Balaban J connectivity index is 2.13. The van der Waals surface area contributed by atoms with Crippen molar-refractivity contribution >= 4 is 11.7 Å². The molecule has 1 aliphatic heterocycles. The van der Waals surface area contributed by atoms with Crippen LogP contribution in [0, 0.1) is 18.3 Å². The predicted molar refractivity (Wildman–Crippen MR) is 84.5 cm³/mol. The number of amidine groups is 1. The quantitative estimate of drug-likeness (QED) is 0.655. The fourth-order valence-electron chi connectivity index (χ4n) is 3.06. The highest BCUT2D eigenvalue weighted by Gasteiger charge is 2.18. The summed E-state index contributed by atoms with van der Waals surface area (Å²) < 4.78 is 0. The molecular formula is C16H26N4. The number of nitrogens with zero attached hydrogens (tertiary/aromatic N) is 2. The number of pyridine rings is 1. The summed E-state index contributed by atoms with van der Waals surface area (Å²) in [5.41, 5.74) is 7.32. The van der Waals surface area contributed by atoms with Crippen LogP contribution < -0.4 is 10.6 Å². The lowest BCUT2D eigenvalue weighted by Crippen LogP contribution is -2.26. The highest BCUT2D eigenvalue weighted by molar-refractivity contribution is 5.95. The molecule has 1 fully saturated rings. The summed E-state index contributed by atoms with van der Waals surface area (Å²) in [6, 6.07) is 3.83. The summed E-state index contributed by atoms with van der Waals surface area (Å²) in [7, 11) is 0. The minimum absolute atomic E-state index is 0.121. The smallest absolute Gasteiger partial charge is 0.129 e. The van der Waals surface area contributed by atoms with E-state index in [-0.39, 0.29) is 5.84 Å². The van der Waals surface area contributed by atoms with Gasteiger partial charge < -0.3 is 10.6 Å². The monoisotopic (exact) mass is 274 g/mol. The van der Waals surface area contributed by atoms with Gasteiger partial charge in [-0.1, -0.05) is 19.8 Å². The van der Waals surface area contributed by atoms with E-state index in [9.17, 15) is 0 Å². The van der Waals surface area contributed by atoms with Crippen LogP contribution in [0.5, 0.6) is 0 Å². The molecule has 3 N–H and O–H groups in total. The van der Waals surface area contributed by atoms with Crippen molar-refractivity contribution in [2.75, 3.05) is 18.0 Å². The Morgan fingerprint density at radius 3 is 2.90 bits per heavy atom. The normalized spacial score (nSPS) is 19.7. The molecule has 1 aliphatic rings. The van der Waals surface area contributed by atoms with Gasteiger partial charge in [-0.3, -0.25) is 5.41 Å². The van der Waals surface area contributed by atoms with Crippen molar-refractivity contribution in [3.05, 3.63) is 23.4 Å². The van der Waals surface area contributed by atoms with E-state index < -0.39 is 0 Å². The van der Waals surface area contributed by atoms with Gasteiger partial charge in [0, 0.05) is 24.3 Å². The molecule has 4 nitrogen and oxygen atoms in total. The van der Waals surface area contributed by atoms with Crippen molar-refractivity contribution in [1.82, 2.24) is 4.98 Å². The summed E-state index contributed by atoms with van der Waals surface area (Å²) >= 11 is 0. The lowest BCUT2D eigenvalue weighted by molar-refractivity contribution is 0.435. The standard InChI is InChI=1S/C16H26N4/c1-3-5-13-6-4-8-20(9-7-13)15-11-14(16(17)18)10-12(2)19-15/h10-11,13H,3-9H2,1-2H3,(H3,17,18). The molecule has 0 aromatic carbocycles. The number of aryl methyl sites for hydroxylation is 1. The van der Waals surface area contributed by atoms with Gasteiger partial charge in [0.15, 0.2) is 0 Å². The second kappa shape index (κ2) is 6.73. The van der Waals surface area contributed by atoms with Gasteiger partial charge in [-0.05, 0) is 44.2 Å². The number of nitrogen functional groups attached to an aromatic ring is 1. The first-order chi connectivity index (χ1) is 9.60. The van der Waals surface area contributed by atoms with Gasteiger partial charge in [0.1, 0.15) is 11.7 Å². The van der Waals surface area contributed by atoms with E-state index in [1.807, 2.05) is 19.1 Å². The van der Waals surface area contributed by atoms with Crippen LogP contribution in [-0.2, 0) is 0 Å². The first kappa shape index (κ1) is 14.8. The summed E-state index contributed by atoms with van der Waals surface area (Å²) in [5, 5.41) is 7.60. The van der Waals surface area contributed by atoms with Crippen LogP contribution in [0.2, 0.25) is 0 Å². The van der Waals surface area contributed by atoms with Gasteiger partial charge in [0.05, 0.1) is 0 Å². The van der Waals surface area contributed by atoms with E-state index in [1.165, 1.54) is 32.1 Å². The van der Waals surface area contributed by atoms with Gasteiger partial charge in [-0.15, -0.1) is 0 Å². The number of hydrogen-bond acceptors (Lipinski definition) is 3. The average Bonchev–Trinajstić information content (AvgIpc) is 2.64. The molecule has 0 aliphatic carbocycles. The molecule has 110 valence electrons. The maximum atomic E-state index is 7.60. The topological polar surface area (TPSA) is 66.0 Å². The second-order valence-corrected chi connectivity index (χ2v) is 5.84. The lowest BCUT2D eigenvalue weighted by Gasteiger charge is -2.22. The van der Waals surface area contributed by atoms with Gasteiger partial charge in [-0.2, -0.15) is 0 Å². The van der Waals surface area contributed by atoms with Crippen LogP contribution in [0.3, 0.4) is 0 Å². The third kappa shape index (κ3) is 3.71. The lowest BCUT2D eigenvalue weighted by atomic mass is 9.96. The van der Waals surface area contributed by atoms with Crippen LogP contribution in [0.1, 0.15) is 50.3 Å². The molecule has 2 rings (SSSR count). The van der Waals surface area contributed by atoms with Crippen molar-refractivity contribution in [2.45, 2.75) is 46.0 Å². The molecule has 2 heterocycles. The molecular weight excluding hydrogens is 248 g/mol.